The van der Waals surface area contributed by atoms with Gasteiger partial charge in [-0.3, -0.25) is 0 Å². The minimum Gasteiger partial charge on any atom is -0.377 e. The monoisotopic (exact) mass is 228 g/mol. The van der Waals surface area contributed by atoms with E-state index in [-0.39, 0.29) is 5.56 Å². The molecular weight excluding hydrogens is 219 g/mol. The Bertz CT molecular complexity index is 420. The highest BCUT2D eigenvalue weighted by Gasteiger charge is 2.34. The van der Waals surface area contributed by atoms with E-state index in [0.29, 0.717) is 0 Å². The average Bonchev–Trinajstić information content (AvgIpc) is 2.26. The molecule has 0 aromatic heterocycles. The zero-order chi connectivity index (χ0) is 12.3. The molecule has 0 N–H and O–H groups in total. The first-order valence-corrected chi connectivity index (χ1v) is 4.37. The van der Waals surface area contributed by atoms with Gasteiger partial charge in [0.05, 0.1) is 23.3 Å². The Morgan fingerprint density at radius 3 is 2.50 bits per heavy atom. The Labute approximate surface area is 91.3 Å². The summed E-state index contributed by atoms with van der Waals surface area (Å²) in [6.07, 6.45) is -5.23. The Morgan fingerprint density at radius 1 is 1.44 bits per heavy atom. The molecular formula is C11H9F3NO. The maximum absolute atomic E-state index is 12.6. The molecule has 2 nitrogen and oxygen atoms in total. The van der Waals surface area contributed by atoms with E-state index in [9.17, 15) is 13.2 Å². The zero-order valence-electron chi connectivity index (χ0n) is 8.51. The van der Waals surface area contributed by atoms with E-state index >= 15 is 0 Å². The third-order valence-corrected chi connectivity index (χ3v) is 2.13. The van der Waals surface area contributed by atoms with E-state index in [0.717, 1.165) is 12.1 Å². The summed E-state index contributed by atoms with van der Waals surface area (Å²) in [6, 6.07) is 4.91. The van der Waals surface area contributed by atoms with Crippen LogP contribution in [0.1, 0.15) is 22.8 Å². The third kappa shape index (κ3) is 2.52. The van der Waals surface area contributed by atoms with Gasteiger partial charge in [0.1, 0.15) is 0 Å². The molecule has 0 bridgehead atoms. The van der Waals surface area contributed by atoms with Crippen molar-refractivity contribution in [3.8, 4) is 6.07 Å². The minimum atomic E-state index is -4.55. The summed E-state index contributed by atoms with van der Waals surface area (Å²) in [5.74, 6) is 0. The molecule has 0 fully saturated rings. The Kier molecular flexibility index (Phi) is 3.55. The molecule has 1 radical (unpaired) electrons. The van der Waals surface area contributed by atoms with Crippen LogP contribution < -0.4 is 0 Å². The van der Waals surface area contributed by atoms with E-state index in [2.05, 4.69) is 6.92 Å². The molecule has 0 amide bonds. The van der Waals surface area contributed by atoms with Crippen LogP contribution in [0, 0.1) is 18.3 Å². The molecule has 1 atom stereocenters. The quantitative estimate of drug-likeness (QED) is 0.779. The molecule has 85 valence electrons. The number of alkyl halides is 3. The maximum Gasteiger partial charge on any atom is 0.417 e. The second kappa shape index (κ2) is 4.54. The lowest BCUT2D eigenvalue weighted by Crippen LogP contribution is -2.09. The summed E-state index contributed by atoms with van der Waals surface area (Å²) in [7, 11) is 1.35. The van der Waals surface area contributed by atoms with E-state index in [1.165, 1.54) is 19.2 Å². The van der Waals surface area contributed by atoms with Crippen LogP contribution >= 0.6 is 0 Å². The molecule has 0 saturated carbocycles. The number of ether oxygens (including phenoxy) is 1. The molecule has 16 heavy (non-hydrogen) atoms. The molecule has 1 aromatic carbocycles. The van der Waals surface area contributed by atoms with E-state index in [1.54, 1.807) is 0 Å². The van der Waals surface area contributed by atoms with E-state index < -0.39 is 23.4 Å². The standard InChI is InChI=1S/C11H9F3NO/c1-7(16-2)8-3-4-9(6-15)10(5-8)11(12,13)14/h3-5,7H,1H2,2H3. The van der Waals surface area contributed by atoms with Gasteiger partial charge in [0, 0.05) is 7.11 Å². The molecule has 5 heteroatoms. The maximum atomic E-state index is 12.6. The number of hydrogen-bond donors (Lipinski definition) is 0. The van der Waals surface area contributed by atoms with Gasteiger partial charge in [0.25, 0.3) is 0 Å². The molecule has 0 aliphatic heterocycles. The van der Waals surface area contributed by atoms with Crippen LogP contribution in [0.5, 0.6) is 0 Å². The van der Waals surface area contributed by atoms with Crippen LogP contribution in [0.4, 0.5) is 13.2 Å². The number of rotatable bonds is 2. The predicted molar refractivity (Wildman–Crippen MR) is 51.3 cm³/mol. The summed E-state index contributed by atoms with van der Waals surface area (Å²) < 4.78 is 42.5. The Balaban J connectivity index is 3.29. The third-order valence-electron chi connectivity index (χ3n) is 2.13. The Morgan fingerprint density at radius 2 is 2.06 bits per heavy atom. The smallest absolute Gasteiger partial charge is 0.377 e. The van der Waals surface area contributed by atoms with Crippen molar-refractivity contribution in [3.63, 3.8) is 0 Å². The fourth-order valence-corrected chi connectivity index (χ4v) is 1.23. The fourth-order valence-electron chi connectivity index (χ4n) is 1.23. The lowest BCUT2D eigenvalue weighted by atomic mass is 10.0. The van der Waals surface area contributed by atoms with Crippen molar-refractivity contribution in [2.24, 2.45) is 0 Å². The van der Waals surface area contributed by atoms with Gasteiger partial charge < -0.3 is 4.74 Å². The molecule has 0 saturated heterocycles. The van der Waals surface area contributed by atoms with Gasteiger partial charge in [-0.15, -0.1) is 0 Å². The van der Waals surface area contributed by atoms with Crippen molar-refractivity contribution in [1.82, 2.24) is 0 Å². The normalized spacial score (nSPS) is 13.2. The number of nitriles is 1. The lowest BCUT2D eigenvalue weighted by molar-refractivity contribution is -0.137. The zero-order valence-corrected chi connectivity index (χ0v) is 8.51. The predicted octanol–water partition coefficient (Wildman–Crippen LogP) is 3.10. The first kappa shape index (κ1) is 12.5. The summed E-state index contributed by atoms with van der Waals surface area (Å²) in [6.45, 7) is 3.53. The number of nitrogens with zero attached hydrogens (tertiary/aromatic N) is 1. The van der Waals surface area contributed by atoms with Crippen molar-refractivity contribution in [3.05, 3.63) is 41.8 Å². The van der Waals surface area contributed by atoms with E-state index in [1.807, 2.05) is 0 Å². The van der Waals surface area contributed by atoms with Crippen molar-refractivity contribution in [2.75, 3.05) is 7.11 Å². The molecule has 1 aromatic rings. The van der Waals surface area contributed by atoms with Gasteiger partial charge in [-0.1, -0.05) is 6.07 Å². The molecule has 0 heterocycles. The van der Waals surface area contributed by atoms with Crippen LogP contribution in [0.2, 0.25) is 0 Å². The van der Waals surface area contributed by atoms with Gasteiger partial charge >= 0.3 is 6.18 Å². The lowest BCUT2D eigenvalue weighted by Gasteiger charge is -2.14. The SMILES string of the molecule is [CH2]C(OC)c1ccc(C#N)c(C(F)(F)F)c1. The second-order valence-corrected chi connectivity index (χ2v) is 3.14. The largest absolute Gasteiger partial charge is 0.417 e. The Hall–Kier alpha value is -1.54. The number of benzene rings is 1. The number of methoxy groups -OCH3 is 1. The highest BCUT2D eigenvalue weighted by atomic mass is 19.4. The summed E-state index contributed by atoms with van der Waals surface area (Å²) in [4.78, 5) is 0. The molecule has 1 rings (SSSR count). The molecule has 1 unspecified atom stereocenters. The average molecular weight is 228 g/mol. The second-order valence-electron chi connectivity index (χ2n) is 3.14. The van der Waals surface area contributed by atoms with Crippen molar-refractivity contribution in [2.45, 2.75) is 12.3 Å². The van der Waals surface area contributed by atoms with Crippen molar-refractivity contribution >= 4 is 0 Å². The van der Waals surface area contributed by atoms with Gasteiger partial charge in [-0.25, -0.2) is 0 Å². The minimum absolute atomic E-state index is 0.286. The highest BCUT2D eigenvalue weighted by molar-refractivity contribution is 5.42. The van der Waals surface area contributed by atoms with Crippen LogP contribution in [0.3, 0.4) is 0 Å². The number of hydrogen-bond acceptors (Lipinski definition) is 2. The summed E-state index contributed by atoms with van der Waals surface area (Å²) >= 11 is 0. The van der Waals surface area contributed by atoms with Crippen LogP contribution in [0.15, 0.2) is 18.2 Å². The molecule has 0 spiro atoms. The molecule has 0 aliphatic rings. The molecule has 0 aliphatic carbocycles. The van der Waals surface area contributed by atoms with Crippen molar-refractivity contribution in [1.29, 1.82) is 5.26 Å². The summed E-state index contributed by atoms with van der Waals surface area (Å²) in [5.41, 5.74) is -1.08. The highest BCUT2D eigenvalue weighted by Crippen LogP contribution is 2.33. The van der Waals surface area contributed by atoms with Crippen molar-refractivity contribution < 1.29 is 17.9 Å². The first-order chi connectivity index (χ1) is 7.40. The van der Waals surface area contributed by atoms with Gasteiger partial charge in [-0.2, -0.15) is 18.4 Å². The first-order valence-electron chi connectivity index (χ1n) is 4.37. The number of halogens is 3. The van der Waals surface area contributed by atoms with Gasteiger partial charge in [0.2, 0.25) is 0 Å². The van der Waals surface area contributed by atoms with Crippen LogP contribution in [-0.4, -0.2) is 7.11 Å². The topological polar surface area (TPSA) is 33.0 Å². The van der Waals surface area contributed by atoms with Gasteiger partial charge in [-0.05, 0) is 24.6 Å². The van der Waals surface area contributed by atoms with Crippen LogP contribution in [-0.2, 0) is 10.9 Å². The fraction of sp³-hybridized carbons (Fsp3) is 0.273. The van der Waals surface area contributed by atoms with Gasteiger partial charge in [0.15, 0.2) is 0 Å². The van der Waals surface area contributed by atoms with E-state index in [4.69, 9.17) is 10.00 Å². The van der Waals surface area contributed by atoms with Crippen LogP contribution in [0.25, 0.3) is 0 Å². The summed E-state index contributed by atoms with van der Waals surface area (Å²) in [5, 5.41) is 8.57.